The third kappa shape index (κ3) is 6.07. The van der Waals surface area contributed by atoms with Gasteiger partial charge in [-0.2, -0.15) is 13.2 Å². The molecule has 0 aliphatic heterocycles. The first kappa shape index (κ1) is 17.0. The average Bonchev–Trinajstić information content (AvgIpc) is 2.26. The molecule has 0 saturated carbocycles. The molecule has 2 N–H and O–H groups in total. The summed E-state index contributed by atoms with van der Waals surface area (Å²) in [5.41, 5.74) is 6.35. The van der Waals surface area contributed by atoms with Gasteiger partial charge in [0.05, 0.1) is 0 Å². The van der Waals surface area contributed by atoms with Gasteiger partial charge in [-0.3, -0.25) is 0 Å². The predicted molar refractivity (Wildman–Crippen MR) is 65.0 cm³/mol. The van der Waals surface area contributed by atoms with E-state index in [0.717, 1.165) is 6.42 Å². The fraction of sp³-hybridized carbons (Fsp3) is 0.545. The zero-order valence-electron chi connectivity index (χ0n) is 9.91. The number of nitrogens with two attached hydrogens (primary N) is 1. The van der Waals surface area contributed by atoms with Crippen LogP contribution in [0.25, 0.3) is 0 Å². The van der Waals surface area contributed by atoms with Gasteiger partial charge in [0.25, 0.3) is 0 Å². The molecular formula is C11H16ClF3N2O. The van der Waals surface area contributed by atoms with Gasteiger partial charge in [0.15, 0.2) is 6.61 Å². The summed E-state index contributed by atoms with van der Waals surface area (Å²) in [4.78, 5) is 3.79. The van der Waals surface area contributed by atoms with Gasteiger partial charge in [0, 0.05) is 17.8 Å². The van der Waals surface area contributed by atoms with E-state index in [1.807, 2.05) is 6.92 Å². The van der Waals surface area contributed by atoms with Gasteiger partial charge >= 0.3 is 6.18 Å². The van der Waals surface area contributed by atoms with Crippen LogP contribution < -0.4 is 10.5 Å². The molecule has 1 rings (SSSR count). The molecule has 7 heteroatoms. The zero-order chi connectivity index (χ0) is 12.9. The van der Waals surface area contributed by atoms with E-state index in [1.165, 1.54) is 6.20 Å². The van der Waals surface area contributed by atoms with Gasteiger partial charge in [-0.25, -0.2) is 4.98 Å². The minimum atomic E-state index is -4.36. The molecule has 0 saturated heterocycles. The van der Waals surface area contributed by atoms with Crippen molar-refractivity contribution in [3.63, 3.8) is 0 Å². The van der Waals surface area contributed by atoms with Crippen LogP contribution in [0.3, 0.4) is 0 Å². The van der Waals surface area contributed by atoms with Crippen LogP contribution in [0.5, 0.6) is 5.88 Å². The number of nitrogens with zero attached hydrogens (tertiary/aromatic N) is 1. The fourth-order valence-corrected chi connectivity index (χ4v) is 1.29. The fourth-order valence-electron chi connectivity index (χ4n) is 1.29. The van der Waals surface area contributed by atoms with Crippen molar-refractivity contribution in [2.24, 2.45) is 5.73 Å². The lowest BCUT2D eigenvalue weighted by Crippen LogP contribution is -2.23. The highest BCUT2D eigenvalue weighted by Crippen LogP contribution is 2.20. The molecule has 18 heavy (non-hydrogen) atoms. The van der Waals surface area contributed by atoms with Gasteiger partial charge in [-0.05, 0) is 18.9 Å². The SMILES string of the molecule is CCC(N)Cc1cccnc1OCC(F)(F)F.Cl. The highest BCUT2D eigenvalue weighted by atomic mass is 35.5. The lowest BCUT2D eigenvalue weighted by atomic mass is 10.1. The molecule has 0 amide bonds. The molecule has 0 aromatic carbocycles. The van der Waals surface area contributed by atoms with Crippen LogP contribution >= 0.6 is 12.4 Å². The molecule has 104 valence electrons. The Morgan fingerprint density at radius 1 is 1.44 bits per heavy atom. The number of alkyl halides is 3. The van der Waals surface area contributed by atoms with Crippen molar-refractivity contribution < 1.29 is 17.9 Å². The van der Waals surface area contributed by atoms with E-state index in [0.29, 0.717) is 12.0 Å². The Morgan fingerprint density at radius 2 is 2.11 bits per heavy atom. The molecule has 1 aromatic rings. The summed E-state index contributed by atoms with van der Waals surface area (Å²) >= 11 is 0. The minimum Gasteiger partial charge on any atom is -0.468 e. The summed E-state index contributed by atoms with van der Waals surface area (Å²) in [5.74, 6) is 0.00808. The third-order valence-electron chi connectivity index (χ3n) is 2.23. The number of ether oxygens (including phenoxy) is 1. The van der Waals surface area contributed by atoms with E-state index < -0.39 is 12.8 Å². The second-order valence-corrected chi connectivity index (χ2v) is 3.74. The molecule has 0 aliphatic rings. The topological polar surface area (TPSA) is 48.1 Å². The monoisotopic (exact) mass is 284 g/mol. The van der Waals surface area contributed by atoms with Gasteiger partial charge in [0.2, 0.25) is 5.88 Å². The Hall–Kier alpha value is -1.01. The average molecular weight is 285 g/mol. The van der Waals surface area contributed by atoms with Crippen molar-refractivity contribution in [1.29, 1.82) is 0 Å². The van der Waals surface area contributed by atoms with Crippen molar-refractivity contribution in [3.05, 3.63) is 23.9 Å². The standard InChI is InChI=1S/C11H15F3N2O.ClH/c1-2-9(15)6-8-4-3-5-16-10(8)17-7-11(12,13)14;/h3-5,9H,2,6-7,15H2,1H3;1H. The summed E-state index contributed by atoms with van der Waals surface area (Å²) in [6.07, 6.45) is -1.76. The second-order valence-electron chi connectivity index (χ2n) is 3.74. The predicted octanol–water partition coefficient (Wildman–Crippen LogP) is 2.72. The number of hydrogen-bond donors (Lipinski definition) is 1. The van der Waals surface area contributed by atoms with Crippen LogP contribution in [-0.2, 0) is 6.42 Å². The summed E-state index contributed by atoms with van der Waals surface area (Å²) in [6.45, 7) is 0.579. The van der Waals surface area contributed by atoms with Gasteiger partial charge in [-0.15, -0.1) is 12.4 Å². The van der Waals surface area contributed by atoms with E-state index in [-0.39, 0.29) is 24.3 Å². The van der Waals surface area contributed by atoms with E-state index in [9.17, 15) is 13.2 Å². The third-order valence-corrected chi connectivity index (χ3v) is 2.23. The van der Waals surface area contributed by atoms with Gasteiger partial charge in [-0.1, -0.05) is 13.0 Å². The van der Waals surface area contributed by atoms with E-state index in [4.69, 9.17) is 5.73 Å². The van der Waals surface area contributed by atoms with Gasteiger partial charge in [0.1, 0.15) is 0 Å². The molecule has 3 nitrogen and oxygen atoms in total. The molecule has 0 bridgehead atoms. The van der Waals surface area contributed by atoms with Crippen LogP contribution in [0.15, 0.2) is 18.3 Å². The normalized spacial score (nSPS) is 12.7. The lowest BCUT2D eigenvalue weighted by Gasteiger charge is -2.14. The van der Waals surface area contributed by atoms with Crippen LogP contribution in [0.1, 0.15) is 18.9 Å². The Bertz CT molecular complexity index is 360. The minimum absolute atomic E-state index is 0. The molecule has 1 heterocycles. The number of halogens is 4. The molecule has 1 atom stereocenters. The molecule has 0 radical (unpaired) electrons. The summed E-state index contributed by atoms with van der Waals surface area (Å²) < 4.78 is 40.7. The molecule has 0 fully saturated rings. The first-order valence-corrected chi connectivity index (χ1v) is 5.31. The van der Waals surface area contributed by atoms with Crippen LogP contribution in [0.2, 0.25) is 0 Å². The lowest BCUT2D eigenvalue weighted by molar-refractivity contribution is -0.154. The van der Waals surface area contributed by atoms with E-state index in [2.05, 4.69) is 9.72 Å². The Labute approximate surface area is 110 Å². The van der Waals surface area contributed by atoms with Crippen molar-refractivity contribution in [1.82, 2.24) is 4.98 Å². The highest BCUT2D eigenvalue weighted by molar-refractivity contribution is 5.85. The van der Waals surface area contributed by atoms with Crippen LogP contribution in [0, 0.1) is 0 Å². The highest BCUT2D eigenvalue weighted by Gasteiger charge is 2.29. The van der Waals surface area contributed by atoms with Crippen molar-refractivity contribution in [2.75, 3.05) is 6.61 Å². The maximum Gasteiger partial charge on any atom is 0.422 e. The summed E-state index contributed by atoms with van der Waals surface area (Å²) in [5, 5.41) is 0. The van der Waals surface area contributed by atoms with Crippen molar-refractivity contribution in [3.8, 4) is 5.88 Å². The van der Waals surface area contributed by atoms with Crippen molar-refractivity contribution in [2.45, 2.75) is 32.0 Å². The Morgan fingerprint density at radius 3 is 2.67 bits per heavy atom. The molecule has 0 aliphatic carbocycles. The van der Waals surface area contributed by atoms with Crippen molar-refractivity contribution >= 4 is 12.4 Å². The number of aromatic nitrogens is 1. The number of rotatable bonds is 5. The second kappa shape index (κ2) is 7.43. The first-order valence-electron chi connectivity index (χ1n) is 5.31. The molecule has 1 aromatic heterocycles. The summed E-state index contributed by atoms with van der Waals surface area (Å²) in [6, 6.07) is 3.22. The Kier molecular flexibility index (Phi) is 7.01. The molecule has 0 spiro atoms. The quantitative estimate of drug-likeness (QED) is 0.904. The number of pyridine rings is 1. The maximum atomic E-state index is 12.0. The van der Waals surface area contributed by atoms with Crippen LogP contribution in [0.4, 0.5) is 13.2 Å². The maximum absolute atomic E-state index is 12.0. The molecule has 1 unspecified atom stereocenters. The molecular weight excluding hydrogens is 269 g/mol. The van der Waals surface area contributed by atoms with Crippen LogP contribution in [-0.4, -0.2) is 23.8 Å². The largest absolute Gasteiger partial charge is 0.468 e. The Balaban J connectivity index is 0.00000289. The van der Waals surface area contributed by atoms with E-state index in [1.54, 1.807) is 12.1 Å². The zero-order valence-corrected chi connectivity index (χ0v) is 10.7. The van der Waals surface area contributed by atoms with Gasteiger partial charge < -0.3 is 10.5 Å². The smallest absolute Gasteiger partial charge is 0.422 e. The van der Waals surface area contributed by atoms with E-state index >= 15 is 0 Å². The summed E-state index contributed by atoms with van der Waals surface area (Å²) in [7, 11) is 0. The first-order chi connectivity index (χ1) is 7.92. The number of hydrogen-bond acceptors (Lipinski definition) is 3.